The SMILES string of the molecule is Cc1cccc(NC(=O)COc2ccc(/C=C(\C#N)C(=O)Nc3ccc(F)cc3)cc2Br)c1C. The van der Waals surface area contributed by atoms with Gasteiger partial charge in [-0.3, -0.25) is 9.59 Å². The van der Waals surface area contributed by atoms with Gasteiger partial charge in [-0.15, -0.1) is 0 Å². The lowest BCUT2D eigenvalue weighted by Gasteiger charge is -2.12. The highest BCUT2D eigenvalue weighted by Crippen LogP contribution is 2.27. The molecular weight excluding hydrogens is 501 g/mol. The van der Waals surface area contributed by atoms with Crippen LogP contribution in [0.3, 0.4) is 0 Å². The summed E-state index contributed by atoms with van der Waals surface area (Å²) in [6.07, 6.45) is 1.42. The lowest BCUT2D eigenvalue weighted by molar-refractivity contribution is -0.118. The first-order chi connectivity index (χ1) is 16.3. The minimum absolute atomic E-state index is 0.127. The summed E-state index contributed by atoms with van der Waals surface area (Å²) in [6, 6.07) is 17.7. The molecule has 8 heteroatoms. The van der Waals surface area contributed by atoms with Crippen LogP contribution < -0.4 is 15.4 Å². The van der Waals surface area contributed by atoms with Crippen LogP contribution >= 0.6 is 15.9 Å². The van der Waals surface area contributed by atoms with E-state index in [4.69, 9.17) is 4.74 Å². The minimum atomic E-state index is -0.617. The van der Waals surface area contributed by atoms with Gasteiger partial charge in [-0.1, -0.05) is 18.2 Å². The Morgan fingerprint density at radius 2 is 1.82 bits per heavy atom. The molecule has 34 heavy (non-hydrogen) atoms. The van der Waals surface area contributed by atoms with Crippen molar-refractivity contribution in [2.45, 2.75) is 13.8 Å². The normalized spacial score (nSPS) is 10.9. The van der Waals surface area contributed by atoms with Crippen LogP contribution in [0.15, 0.2) is 70.7 Å². The Hall–Kier alpha value is -3.96. The molecule has 0 spiro atoms. The maximum absolute atomic E-state index is 13.0. The molecule has 0 aliphatic rings. The van der Waals surface area contributed by atoms with Crippen molar-refractivity contribution in [3.63, 3.8) is 0 Å². The predicted molar refractivity (Wildman–Crippen MR) is 133 cm³/mol. The molecule has 6 nitrogen and oxygen atoms in total. The number of halogens is 2. The number of ether oxygens (including phenoxy) is 1. The van der Waals surface area contributed by atoms with Crippen LogP contribution in [0.4, 0.5) is 15.8 Å². The van der Waals surface area contributed by atoms with Gasteiger partial charge in [0.15, 0.2) is 6.61 Å². The van der Waals surface area contributed by atoms with E-state index in [1.54, 1.807) is 18.2 Å². The molecule has 3 aromatic rings. The summed E-state index contributed by atoms with van der Waals surface area (Å²) in [5, 5.41) is 14.8. The fourth-order valence-corrected chi connectivity index (χ4v) is 3.50. The van der Waals surface area contributed by atoms with Gasteiger partial charge in [0.1, 0.15) is 23.2 Å². The van der Waals surface area contributed by atoms with Crippen molar-refractivity contribution in [3.05, 3.63) is 93.2 Å². The van der Waals surface area contributed by atoms with E-state index in [1.165, 1.54) is 30.3 Å². The summed E-state index contributed by atoms with van der Waals surface area (Å²) in [7, 11) is 0. The molecule has 0 bridgehead atoms. The third-order valence-electron chi connectivity index (χ3n) is 4.97. The number of rotatable bonds is 7. The molecule has 0 aliphatic carbocycles. The summed E-state index contributed by atoms with van der Waals surface area (Å²) in [6.45, 7) is 3.72. The first-order valence-corrected chi connectivity index (χ1v) is 11.0. The maximum Gasteiger partial charge on any atom is 0.266 e. The van der Waals surface area contributed by atoms with Crippen molar-refractivity contribution in [1.82, 2.24) is 0 Å². The number of amides is 2. The number of benzene rings is 3. The Morgan fingerprint density at radius 1 is 1.09 bits per heavy atom. The molecule has 172 valence electrons. The zero-order chi connectivity index (χ0) is 24.7. The van der Waals surface area contributed by atoms with E-state index in [1.807, 2.05) is 38.1 Å². The number of carbonyl (C=O) groups excluding carboxylic acids is 2. The standard InChI is InChI=1S/C26H21BrFN3O3/c1-16-4-3-5-23(17(16)2)31-25(32)15-34-24-11-6-18(13-22(24)27)12-19(14-29)26(33)30-21-9-7-20(28)8-10-21/h3-13H,15H2,1-2H3,(H,30,33)(H,31,32)/b19-12+. The predicted octanol–water partition coefficient (Wildman–Crippen LogP) is 5.77. The Labute approximate surface area is 205 Å². The summed E-state index contributed by atoms with van der Waals surface area (Å²) in [4.78, 5) is 24.7. The van der Waals surface area contributed by atoms with E-state index in [0.29, 0.717) is 21.5 Å². The number of nitrogens with zero attached hydrogens (tertiary/aromatic N) is 1. The number of hydrogen-bond donors (Lipinski definition) is 2. The molecule has 0 atom stereocenters. The fourth-order valence-electron chi connectivity index (χ4n) is 2.99. The van der Waals surface area contributed by atoms with E-state index in [-0.39, 0.29) is 18.1 Å². The molecular formula is C26H21BrFN3O3. The molecule has 0 aliphatic heterocycles. The van der Waals surface area contributed by atoms with Crippen LogP contribution in [-0.4, -0.2) is 18.4 Å². The van der Waals surface area contributed by atoms with Crippen LogP contribution in [0, 0.1) is 31.0 Å². The first kappa shape index (κ1) is 24.7. The highest BCUT2D eigenvalue weighted by molar-refractivity contribution is 9.10. The van der Waals surface area contributed by atoms with Gasteiger partial charge in [0.2, 0.25) is 0 Å². The van der Waals surface area contributed by atoms with Gasteiger partial charge in [-0.25, -0.2) is 4.39 Å². The van der Waals surface area contributed by atoms with Crippen molar-refractivity contribution < 1.29 is 18.7 Å². The summed E-state index contributed by atoms with van der Waals surface area (Å²) in [5.74, 6) is -0.908. The molecule has 0 saturated heterocycles. The maximum atomic E-state index is 13.0. The zero-order valence-corrected chi connectivity index (χ0v) is 20.1. The highest BCUT2D eigenvalue weighted by Gasteiger charge is 2.12. The van der Waals surface area contributed by atoms with E-state index in [2.05, 4.69) is 26.6 Å². The number of nitriles is 1. The van der Waals surface area contributed by atoms with Crippen LogP contribution in [0.25, 0.3) is 6.08 Å². The van der Waals surface area contributed by atoms with Gasteiger partial charge in [0.05, 0.1) is 4.47 Å². The van der Waals surface area contributed by atoms with Crippen molar-refractivity contribution in [2.24, 2.45) is 0 Å². The number of aryl methyl sites for hydroxylation is 1. The van der Waals surface area contributed by atoms with Gasteiger partial charge >= 0.3 is 0 Å². The van der Waals surface area contributed by atoms with E-state index in [0.717, 1.165) is 16.8 Å². The Morgan fingerprint density at radius 3 is 2.50 bits per heavy atom. The van der Waals surface area contributed by atoms with Gasteiger partial charge in [0, 0.05) is 11.4 Å². The Kier molecular flexibility index (Phi) is 8.17. The lowest BCUT2D eigenvalue weighted by Crippen LogP contribution is -2.20. The van der Waals surface area contributed by atoms with Crippen LogP contribution in [0.5, 0.6) is 5.75 Å². The molecule has 0 aromatic heterocycles. The van der Waals surface area contributed by atoms with Crippen molar-refractivity contribution >= 4 is 45.2 Å². The van der Waals surface area contributed by atoms with E-state index in [9.17, 15) is 19.2 Å². The summed E-state index contributed by atoms with van der Waals surface area (Å²) in [5.41, 5.74) is 3.62. The highest BCUT2D eigenvalue weighted by atomic mass is 79.9. The average molecular weight is 522 g/mol. The van der Waals surface area contributed by atoms with Crippen LogP contribution in [0.1, 0.15) is 16.7 Å². The van der Waals surface area contributed by atoms with Gasteiger partial charge < -0.3 is 15.4 Å². The molecule has 3 aromatic carbocycles. The summed E-state index contributed by atoms with van der Waals surface area (Å²) < 4.78 is 19.2. The molecule has 0 heterocycles. The zero-order valence-electron chi connectivity index (χ0n) is 18.5. The quantitative estimate of drug-likeness (QED) is 0.305. The van der Waals surface area contributed by atoms with Gasteiger partial charge in [0.25, 0.3) is 11.8 Å². The number of nitrogens with one attached hydrogen (secondary N) is 2. The first-order valence-electron chi connectivity index (χ1n) is 10.2. The largest absolute Gasteiger partial charge is 0.483 e. The molecule has 2 N–H and O–H groups in total. The second-order valence-electron chi connectivity index (χ2n) is 7.41. The summed E-state index contributed by atoms with van der Waals surface area (Å²) >= 11 is 3.39. The Bertz CT molecular complexity index is 1300. The molecule has 0 saturated carbocycles. The average Bonchev–Trinajstić information content (AvgIpc) is 2.81. The molecule has 2 amide bonds. The van der Waals surface area contributed by atoms with Crippen LogP contribution in [-0.2, 0) is 9.59 Å². The minimum Gasteiger partial charge on any atom is -0.483 e. The van der Waals surface area contributed by atoms with Crippen molar-refractivity contribution in [2.75, 3.05) is 17.2 Å². The third kappa shape index (κ3) is 6.53. The van der Waals surface area contributed by atoms with E-state index < -0.39 is 11.7 Å². The second-order valence-corrected chi connectivity index (χ2v) is 8.26. The molecule has 0 radical (unpaired) electrons. The number of hydrogen-bond acceptors (Lipinski definition) is 4. The Balaban J connectivity index is 1.64. The van der Waals surface area contributed by atoms with Crippen molar-refractivity contribution in [3.8, 4) is 11.8 Å². The smallest absolute Gasteiger partial charge is 0.266 e. The molecule has 0 unspecified atom stereocenters. The molecule has 3 rings (SSSR count). The van der Waals surface area contributed by atoms with Gasteiger partial charge in [-0.05, 0) is 95.0 Å². The molecule has 0 fully saturated rings. The van der Waals surface area contributed by atoms with Gasteiger partial charge in [-0.2, -0.15) is 5.26 Å². The lowest BCUT2D eigenvalue weighted by atomic mass is 10.1. The van der Waals surface area contributed by atoms with Crippen molar-refractivity contribution in [1.29, 1.82) is 5.26 Å². The fraction of sp³-hybridized carbons (Fsp3) is 0.115. The topological polar surface area (TPSA) is 91.2 Å². The number of anilines is 2. The van der Waals surface area contributed by atoms with E-state index >= 15 is 0 Å². The van der Waals surface area contributed by atoms with Crippen LogP contribution in [0.2, 0.25) is 0 Å². The monoisotopic (exact) mass is 521 g/mol. The second kappa shape index (κ2) is 11.3. The third-order valence-corrected chi connectivity index (χ3v) is 5.59. The number of carbonyl (C=O) groups is 2.